The van der Waals surface area contributed by atoms with Crippen LogP contribution in [0.4, 0.5) is 0 Å². The summed E-state index contributed by atoms with van der Waals surface area (Å²) in [4.78, 5) is 5.01. The molecule has 1 heterocycles. The average molecular weight is 299 g/mol. The maximum Gasteiger partial charge on any atom is 0.157 e. The summed E-state index contributed by atoms with van der Waals surface area (Å²) in [6.07, 6.45) is 12.4. The van der Waals surface area contributed by atoms with E-state index < -0.39 is 5.60 Å². The summed E-state index contributed by atoms with van der Waals surface area (Å²) in [5, 5.41) is 20.1. The van der Waals surface area contributed by atoms with Crippen LogP contribution < -0.4 is 0 Å². The number of hydrogen-bond acceptors (Lipinski definition) is 4. The predicted molar refractivity (Wildman–Crippen MR) is 82.4 cm³/mol. The Morgan fingerprint density at radius 1 is 0.864 bits per heavy atom. The molecule has 0 amide bonds. The number of aliphatic hydroxyl groups is 1. The smallest absolute Gasteiger partial charge is 0.157 e. The average Bonchev–Trinajstić information content (AvgIpc) is 2.69. The predicted octanol–water partition coefficient (Wildman–Crippen LogP) is 2.72. The van der Waals surface area contributed by atoms with Crippen molar-refractivity contribution in [3.05, 3.63) is 17.2 Å². The Hall–Kier alpha value is -1.03. The fourth-order valence-corrected chi connectivity index (χ4v) is 6.24. The molecule has 4 fully saturated rings. The largest absolute Gasteiger partial charge is 0.390 e. The van der Waals surface area contributed by atoms with Gasteiger partial charge >= 0.3 is 0 Å². The number of hydrogen-bond donors (Lipinski definition) is 1. The van der Waals surface area contributed by atoms with Gasteiger partial charge in [-0.1, -0.05) is 6.42 Å². The van der Waals surface area contributed by atoms with Crippen LogP contribution in [0.2, 0.25) is 0 Å². The number of fused-ring (bicyclic) bond motifs is 1. The van der Waals surface area contributed by atoms with Gasteiger partial charge in [0.1, 0.15) is 0 Å². The summed E-state index contributed by atoms with van der Waals surface area (Å²) in [6.45, 7) is 0. The molecule has 4 saturated carbocycles. The molecule has 5 aliphatic rings. The van der Waals surface area contributed by atoms with E-state index in [1.165, 1.54) is 44.2 Å². The Kier molecular flexibility index (Phi) is 2.74. The molecule has 4 bridgehead atoms. The third kappa shape index (κ3) is 1.96. The van der Waals surface area contributed by atoms with Crippen LogP contribution in [-0.2, 0) is 18.3 Å². The second-order valence-electron chi connectivity index (χ2n) is 8.56. The summed E-state index contributed by atoms with van der Waals surface area (Å²) >= 11 is 0. The molecule has 2 unspecified atom stereocenters. The number of aryl methyl sites for hydroxylation is 2. The fourth-order valence-electron chi connectivity index (χ4n) is 6.24. The third-order valence-corrected chi connectivity index (χ3v) is 6.67. The van der Waals surface area contributed by atoms with E-state index in [4.69, 9.17) is 4.98 Å². The van der Waals surface area contributed by atoms with Gasteiger partial charge in [0.2, 0.25) is 0 Å². The van der Waals surface area contributed by atoms with Gasteiger partial charge in [-0.2, -0.15) is 5.10 Å². The summed E-state index contributed by atoms with van der Waals surface area (Å²) < 4.78 is 0. The van der Waals surface area contributed by atoms with Crippen LogP contribution in [0, 0.1) is 11.8 Å². The van der Waals surface area contributed by atoms with Gasteiger partial charge < -0.3 is 5.11 Å². The van der Waals surface area contributed by atoms with Crippen LogP contribution in [0.5, 0.6) is 0 Å². The van der Waals surface area contributed by atoms with Crippen molar-refractivity contribution in [1.82, 2.24) is 15.2 Å². The molecule has 0 saturated heterocycles. The second-order valence-corrected chi connectivity index (χ2v) is 8.56. The van der Waals surface area contributed by atoms with Crippen LogP contribution in [0.15, 0.2) is 0 Å². The van der Waals surface area contributed by atoms with Crippen LogP contribution in [-0.4, -0.2) is 25.9 Å². The van der Waals surface area contributed by atoms with Crippen molar-refractivity contribution in [2.24, 2.45) is 11.8 Å². The molecule has 22 heavy (non-hydrogen) atoms. The minimum absolute atomic E-state index is 0.0210. The normalized spacial score (nSPS) is 43.0. The molecule has 1 aromatic rings. The van der Waals surface area contributed by atoms with Gasteiger partial charge in [-0.25, -0.2) is 4.98 Å². The molecule has 0 aliphatic heterocycles. The summed E-state index contributed by atoms with van der Waals surface area (Å²) in [5.74, 6) is 2.31. The van der Waals surface area contributed by atoms with E-state index in [1.807, 2.05) is 0 Å². The third-order valence-electron chi connectivity index (χ3n) is 6.67. The van der Waals surface area contributed by atoms with Crippen molar-refractivity contribution in [2.75, 3.05) is 0 Å². The summed E-state index contributed by atoms with van der Waals surface area (Å²) in [7, 11) is 0. The van der Waals surface area contributed by atoms with E-state index in [0.717, 1.165) is 43.6 Å². The van der Waals surface area contributed by atoms with Gasteiger partial charge in [0, 0.05) is 5.41 Å². The van der Waals surface area contributed by atoms with E-state index in [9.17, 15) is 5.11 Å². The molecule has 0 spiro atoms. The Labute approximate surface area is 131 Å². The Morgan fingerprint density at radius 2 is 1.59 bits per heavy atom. The van der Waals surface area contributed by atoms with Gasteiger partial charge in [-0.15, -0.1) is 5.10 Å². The van der Waals surface area contributed by atoms with Gasteiger partial charge in [0.15, 0.2) is 5.82 Å². The van der Waals surface area contributed by atoms with Crippen molar-refractivity contribution in [1.29, 1.82) is 0 Å². The Balaban J connectivity index is 1.55. The molecule has 6 rings (SSSR count). The second kappa shape index (κ2) is 4.50. The van der Waals surface area contributed by atoms with Gasteiger partial charge in [-0.05, 0) is 76.0 Å². The molecule has 1 aromatic heterocycles. The molecule has 0 aromatic carbocycles. The molecule has 2 atom stereocenters. The van der Waals surface area contributed by atoms with Crippen molar-refractivity contribution in [2.45, 2.75) is 81.6 Å². The van der Waals surface area contributed by atoms with Crippen molar-refractivity contribution < 1.29 is 5.11 Å². The zero-order valence-corrected chi connectivity index (χ0v) is 13.2. The first-order valence-electron chi connectivity index (χ1n) is 9.10. The lowest BCUT2D eigenvalue weighted by Crippen LogP contribution is -2.58. The van der Waals surface area contributed by atoms with Crippen LogP contribution in [0.1, 0.15) is 75.0 Å². The molecule has 4 heteroatoms. The number of rotatable bonds is 1. The zero-order chi connectivity index (χ0) is 14.8. The standard InChI is InChI=1S/C18H25N3O/c22-18-9-12-6-13(10-18)8-17(7-12,11-18)16-19-14-4-2-1-3-5-15(14)20-21-16/h12-13,22H,1-11H2. The SMILES string of the molecule is OC12CC3CC(C1)CC(c1nnc4c(n1)CCCCC4)(C3)C2. The highest BCUT2D eigenvalue weighted by Crippen LogP contribution is 2.61. The summed E-state index contributed by atoms with van der Waals surface area (Å²) in [6, 6.07) is 0. The lowest BCUT2D eigenvalue weighted by molar-refractivity contribution is -0.139. The summed E-state index contributed by atoms with van der Waals surface area (Å²) in [5.41, 5.74) is 1.91. The zero-order valence-electron chi connectivity index (χ0n) is 13.2. The Bertz CT molecular complexity index is 600. The molecular formula is C18H25N3O. The first kappa shape index (κ1) is 13.4. The lowest BCUT2D eigenvalue weighted by atomic mass is 9.47. The Morgan fingerprint density at radius 3 is 2.32 bits per heavy atom. The van der Waals surface area contributed by atoms with E-state index in [-0.39, 0.29) is 5.41 Å². The molecular weight excluding hydrogens is 274 g/mol. The van der Waals surface area contributed by atoms with Crippen molar-refractivity contribution >= 4 is 0 Å². The fraction of sp³-hybridized carbons (Fsp3) is 0.833. The molecule has 1 N–H and O–H groups in total. The van der Waals surface area contributed by atoms with Crippen molar-refractivity contribution in [3.63, 3.8) is 0 Å². The molecule has 118 valence electrons. The number of aromatic nitrogens is 3. The van der Waals surface area contributed by atoms with Gasteiger partial charge in [0.25, 0.3) is 0 Å². The maximum absolute atomic E-state index is 10.9. The lowest BCUT2D eigenvalue weighted by Gasteiger charge is -2.59. The minimum atomic E-state index is -0.444. The highest BCUT2D eigenvalue weighted by atomic mass is 16.3. The van der Waals surface area contributed by atoms with Crippen LogP contribution in [0.3, 0.4) is 0 Å². The quantitative estimate of drug-likeness (QED) is 0.810. The monoisotopic (exact) mass is 299 g/mol. The highest BCUT2D eigenvalue weighted by molar-refractivity contribution is 5.23. The highest BCUT2D eigenvalue weighted by Gasteiger charge is 2.59. The molecule has 5 aliphatic carbocycles. The first-order chi connectivity index (χ1) is 10.6. The number of nitrogens with zero attached hydrogens (tertiary/aromatic N) is 3. The van der Waals surface area contributed by atoms with E-state index in [2.05, 4.69) is 10.2 Å². The van der Waals surface area contributed by atoms with Crippen molar-refractivity contribution in [3.8, 4) is 0 Å². The van der Waals surface area contributed by atoms with Gasteiger partial charge in [-0.3, -0.25) is 0 Å². The van der Waals surface area contributed by atoms with Crippen LogP contribution >= 0.6 is 0 Å². The minimum Gasteiger partial charge on any atom is -0.390 e. The van der Waals surface area contributed by atoms with Crippen LogP contribution in [0.25, 0.3) is 0 Å². The van der Waals surface area contributed by atoms with Gasteiger partial charge in [0.05, 0.1) is 17.0 Å². The molecule has 4 nitrogen and oxygen atoms in total. The van der Waals surface area contributed by atoms with E-state index in [0.29, 0.717) is 11.8 Å². The first-order valence-corrected chi connectivity index (χ1v) is 9.10. The topological polar surface area (TPSA) is 58.9 Å². The molecule has 0 radical (unpaired) electrons. The van der Waals surface area contributed by atoms with E-state index in [1.54, 1.807) is 0 Å². The maximum atomic E-state index is 10.9. The van der Waals surface area contributed by atoms with E-state index >= 15 is 0 Å².